The number of rotatable bonds is 6. The first kappa shape index (κ1) is 16.4. The van der Waals surface area contributed by atoms with Crippen LogP contribution in [0.5, 0.6) is 0 Å². The molecule has 0 spiro atoms. The van der Waals surface area contributed by atoms with Gasteiger partial charge in [0.05, 0.1) is 12.5 Å². The second-order valence-corrected chi connectivity index (χ2v) is 6.02. The molecule has 116 valence electrons. The number of nitrogens with zero attached hydrogens (tertiary/aromatic N) is 2. The molecule has 0 bridgehead atoms. The molecule has 0 amide bonds. The van der Waals surface area contributed by atoms with Crippen LogP contribution in [0.4, 0.5) is 0 Å². The number of β-amino-alcohol motifs (C(OH)–C–C–N with tert-alkyl or cyclic N) is 1. The Bertz CT molecular complexity index is 456. The van der Waals surface area contributed by atoms with Gasteiger partial charge in [-0.1, -0.05) is 23.7 Å². The van der Waals surface area contributed by atoms with Gasteiger partial charge in [0, 0.05) is 44.3 Å². The average molecular weight is 311 g/mol. The van der Waals surface area contributed by atoms with Gasteiger partial charge in [-0.05, 0) is 24.6 Å². The summed E-state index contributed by atoms with van der Waals surface area (Å²) in [4.78, 5) is 16.5. The number of hydrogen-bond acceptors (Lipinski definition) is 4. The van der Waals surface area contributed by atoms with E-state index in [2.05, 4.69) is 9.80 Å². The van der Waals surface area contributed by atoms with Crippen molar-refractivity contribution >= 4 is 17.4 Å². The number of hydrogen-bond donors (Lipinski definition) is 1. The molecule has 4 nitrogen and oxygen atoms in total. The monoisotopic (exact) mass is 310 g/mol. The van der Waals surface area contributed by atoms with Crippen molar-refractivity contribution in [1.82, 2.24) is 9.80 Å². The fourth-order valence-electron chi connectivity index (χ4n) is 2.76. The molecule has 1 aliphatic heterocycles. The Hall–Kier alpha value is -0.940. The lowest BCUT2D eigenvalue weighted by Crippen LogP contribution is -2.48. The van der Waals surface area contributed by atoms with Gasteiger partial charge in [0.15, 0.2) is 0 Å². The average Bonchev–Trinajstić information content (AvgIpc) is 2.47. The van der Waals surface area contributed by atoms with Gasteiger partial charge in [-0.2, -0.15) is 0 Å². The summed E-state index contributed by atoms with van der Waals surface area (Å²) in [6, 6.07) is 7.56. The summed E-state index contributed by atoms with van der Waals surface area (Å²) in [6.45, 7) is 7.14. The molecule has 1 heterocycles. The SMILES string of the molecule is CC(=O)[C@@H](CN1CCN(CCO)CC1)c1ccc(Cl)cc1. The van der Waals surface area contributed by atoms with Crippen LogP contribution in [-0.4, -0.2) is 66.6 Å². The van der Waals surface area contributed by atoms with Crippen LogP contribution < -0.4 is 0 Å². The van der Waals surface area contributed by atoms with Crippen molar-refractivity contribution in [3.63, 3.8) is 0 Å². The molecule has 0 radical (unpaired) electrons. The van der Waals surface area contributed by atoms with Crippen molar-refractivity contribution in [3.8, 4) is 0 Å². The zero-order valence-corrected chi connectivity index (χ0v) is 13.2. The van der Waals surface area contributed by atoms with Crippen molar-refractivity contribution in [2.45, 2.75) is 12.8 Å². The number of carbonyl (C=O) groups is 1. The fourth-order valence-corrected chi connectivity index (χ4v) is 2.88. The standard InChI is InChI=1S/C16H23ClN2O2/c1-13(21)16(14-2-4-15(17)5-3-14)12-19-8-6-18(7-9-19)10-11-20/h2-5,16,20H,6-12H2,1H3/t16-/m1/s1. The van der Waals surface area contributed by atoms with Crippen LogP contribution in [0.15, 0.2) is 24.3 Å². The van der Waals surface area contributed by atoms with E-state index in [0.29, 0.717) is 5.02 Å². The minimum absolute atomic E-state index is 0.0911. The highest BCUT2D eigenvalue weighted by Crippen LogP contribution is 2.21. The largest absolute Gasteiger partial charge is 0.395 e. The van der Waals surface area contributed by atoms with Crippen molar-refractivity contribution in [2.75, 3.05) is 45.9 Å². The molecule has 1 saturated heterocycles. The minimum atomic E-state index is -0.0911. The summed E-state index contributed by atoms with van der Waals surface area (Å²) in [6.07, 6.45) is 0. The second kappa shape index (κ2) is 7.90. The third kappa shape index (κ3) is 4.78. The van der Waals surface area contributed by atoms with Gasteiger partial charge < -0.3 is 5.11 Å². The van der Waals surface area contributed by atoms with Gasteiger partial charge in [0.1, 0.15) is 5.78 Å². The van der Waals surface area contributed by atoms with E-state index in [-0.39, 0.29) is 18.3 Å². The van der Waals surface area contributed by atoms with E-state index in [1.54, 1.807) is 6.92 Å². The predicted molar refractivity (Wildman–Crippen MR) is 84.8 cm³/mol. The summed E-state index contributed by atoms with van der Waals surface area (Å²) < 4.78 is 0. The number of carbonyl (C=O) groups excluding carboxylic acids is 1. The molecular formula is C16H23ClN2O2. The minimum Gasteiger partial charge on any atom is -0.395 e. The van der Waals surface area contributed by atoms with E-state index >= 15 is 0 Å². The molecule has 1 aromatic carbocycles. The maximum atomic E-state index is 12.0. The molecule has 1 N–H and O–H groups in total. The van der Waals surface area contributed by atoms with Crippen LogP contribution in [0.2, 0.25) is 5.02 Å². The van der Waals surface area contributed by atoms with Crippen LogP contribution in [0.1, 0.15) is 18.4 Å². The molecule has 1 aromatic rings. The Kier molecular flexibility index (Phi) is 6.18. The number of Topliss-reactive ketones (excluding diaryl/α,β-unsaturated/α-hetero) is 1. The molecule has 1 atom stereocenters. The normalized spacial score (nSPS) is 18.6. The quantitative estimate of drug-likeness (QED) is 0.867. The van der Waals surface area contributed by atoms with Gasteiger partial charge in [-0.3, -0.25) is 14.6 Å². The van der Waals surface area contributed by atoms with E-state index in [0.717, 1.165) is 44.8 Å². The predicted octanol–water partition coefficient (Wildman–Crippen LogP) is 1.62. The highest BCUT2D eigenvalue weighted by Gasteiger charge is 2.23. The molecule has 2 rings (SSSR count). The van der Waals surface area contributed by atoms with Crippen molar-refractivity contribution in [2.24, 2.45) is 0 Å². The summed E-state index contributed by atoms with van der Waals surface area (Å²) in [5.41, 5.74) is 1.03. The lowest BCUT2D eigenvalue weighted by molar-refractivity contribution is -0.119. The van der Waals surface area contributed by atoms with E-state index in [9.17, 15) is 4.79 Å². The molecule has 1 fully saturated rings. The lowest BCUT2D eigenvalue weighted by atomic mass is 9.94. The van der Waals surface area contributed by atoms with Gasteiger partial charge >= 0.3 is 0 Å². The van der Waals surface area contributed by atoms with Crippen LogP contribution in [-0.2, 0) is 4.79 Å². The molecule has 0 saturated carbocycles. The van der Waals surface area contributed by atoms with Crippen LogP contribution in [0.25, 0.3) is 0 Å². The first-order chi connectivity index (χ1) is 10.1. The molecule has 0 aromatic heterocycles. The van der Waals surface area contributed by atoms with Gasteiger partial charge in [-0.15, -0.1) is 0 Å². The van der Waals surface area contributed by atoms with Crippen LogP contribution in [0.3, 0.4) is 0 Å². The van der Waals surface area contributed by atoms with E-state index in [1.165, 1.54) is 0 Å². The Morgan fingerprint density at radius 3 is 2.29 bits per heavy atom. The summed E-state index contributed by atoms with van der Waals surface area (Å²) in [5.74, 6) is 0.0989. The zero-order chi connectivity index (χ0) is 15.2. The summed E-state index contributed by atoms with van der Waals surface area (Å²) in [5, 5.41) is 9.66. The fraction of sp³-hybridized carbons (Fsp3) is 0.562. The van der Waals surface area contributed by atoms with Gasteiger partial charge in [0.2, 0.25) is 0 Å². The van der Waals surface area contributed by atoms with Crippen molar-refractivity contribution < 1.29 is 9.90 Å². The Balaban J connectivity index is 1.95. The van der Waals surface area contributed by atoms with Crippen molar-refractivity contribution in [3.05, 3.63) is 34.9 Å². The van der Waals surface area contributed by atoms with Crippen LogP contribution >= 0.6 is 11.6 Å². The summed E-state index contributed by atoms with van der Waals surface area (Å²) in [7, 11) is 0. The maximum Gasteiger partial charge on any atom is 0.138 e. The lowest BCUT2D eigenvalue weighted by Gasteiger charge is -2.35. The number of ketones is 1. The van der Waals surface area contributed by atoms with Gasteiger partial charge in [0.25, 0.3) is 0 Å². The number of aliphatic hydroxyl groups excluding tert-OH is 1. The van der Waals surface area contributed by atoms with E-state index in [1.807, 2.05) is 24.3 Å². The zero-order valence-electron chi connectivity index (χ0n) is 12.5. The number of benzene rings is 1. The molecule has 5 heteroatoms. The Morgan fingerprint density at radius 2 is 1.76 bits per heavy atom. The molecule has 1 aliphatic rings. The topological polar surface area (TPSA) is 43.8 Å². The van der Waals surface area contributed by atoms with Crippen LogP contribution in [0, 0.1) is 0 Å². The first-order valence-corrected chi connectivity index (χ1v) is 7.79. The van der Waals surface area contributed by atoms with E-state index in [4.69, 9.17) is 16.7 Å². The van der Waals surface area contributed by atoms with E-state index < -0.39 is 0 Å². The highest BCUT2D eigenvalue weighted by atomic mass is 35.5. The number of halogens is 1. The number of aliphatic hydroxyl groups is 1. The molecule has 21 heavy (non-hydrogen) atoms. The van der Waals surface area contributed by atoms with Crippen molar-refractivity contribution in [1.29, 1.82) is 0 Å². The third-order valence-electron chi connectivity index (χ3n) is 4.09. The third-order valence-corrected chi connectivity index (χ3v) is 4.34. The molecular weight excluding hydrogens is 288 g/mol. The Morgan fingerprint density at radius 1 is 1.19 bits per heavy atom. The highest BCUT2D eigenvalue weighted by molar-refractivity contribution is 6.30. The Labute approximate surface area is 131 Å². The number of piperazine rings is 1. The maximum absolute atomic E-state index is 12.0. The van der Waals surface area contributed by atoms with Gasteiger partial charge in [-0.25, -0.2) is 0 Å². The molecule has 0 aliphatic carbocycles. The molecule has 0 unspecified atom stereocenters. The second-order valence-electron chi connectivity index (χ2n) is 5.58. The smallest absolute Gasteiger partial charge is 0.138 e. The first-order valence-electron chi connectivity index (χ1n) is 7.41. The summed E-state index contributed by atoms with van der Waals surface area (Å²) >= 11 is 5.91.